The van der Waals surface area contributed by atoms with Gasteiger partial charge in [-0.25, -0.2) is 18.7 Å². The Bertz CT molecular complexity index is 1240. The van der Waals surface area contributed by atoms with Gasteiger partial charge in [0.05, 0.1) is 5.57 Å². The van der Waals surface area contributed by atoms with Gasteiger partial charge < -0.3 is 26.5 Å². The monoisotopic (exact) mass is 472 g/mol. The molecule has 0 spiro atoms. The van der Waals surface area contributed by atoms with Gasteiger partial charge in [0.25, 0.3) is 5.91 Å². The van der Waals surface area contributed by atoms with E-state index in [1.807, 2.05) is 0 Å². The van der Waals surface area contributed by atoms with E-state index < -0.39 is 17.5 Å². The van der Waals surface area contributed by atoms with E-state index in [-0.39, 0.29) is 51.5 Å². The lowest BCUT2D eigenvalue weighted by atomic mass is 10.1. The molecule has 0 radical (unpaired) electrons. The lowest BCUT2D eigenvalue weighted by Crippen LogP contribution is -2.20. The molecule has 5 N–H and O–H groups in total. The third-order valence-electron chi connectivity index (χ3n) is 4.39. The topological polar surface area (TPSA) is 126 Å². The zero-order valence-corrected chi connectivity index (χ0v) is 18.1. The van der Waals surface area contributed by atoms with Crippen LogP contribution in [0.3, 0.4) is 0 Å². The molecule has 0 aliphatic carbocycles. The first kappa shape index (κ1) is 23.6. The van der Waals surface area contributed by atoms with E-state index in [9.17, 15) is 13.6 Å². The highest BCUT2D eigenvalue weighted by atomic mass is 35.5. The van der Waals surface area contributed by atoms with Gasteiger partial charge in [-0.15, -0.1) is 0 Å². The van der Waals surface area contributed by atoms with Gasteiger partial charge in [-0.2, -0.15) is 0 Å². The predicted octanol–water partition coefficient (Wildman–Crippen LogP) is 5.15. The number of halogens is 3. The Hall–Kier alpha value is -4.05. The lowest BCUT2D eigenvalue weighted by Gasteiger charge is -2.14. The number of carbonyl (C=O) groups excluding carboxylic acids is 1. The van der Waals surface area contributed by atoms with E-state index in [0.717, 1.165) is 12.3 Å². The minimum Gasteiger partial charge on any atom is -0.453 e. The molecule has 11 heteroatoms. The van der Waals surface area contributed by atoms with Crippen LogP contribution in [0.1, 0.15) is 13.3 Å². The van der Waals surface area contributed by atoms with Crippen LogP contribution in [-0.4, -0.2) is 22.1 Å². The summed E-state index contributed by atoms with van der Waals surface area (Å²) in [4.78, 5) is 20.4. The summed E-state index contributed by atoms with van der Waals surface area (Å²) in [6.45, 7) is 1.72. The molecule has 3 rings (SSSR count). The molecule has 3 aromatic rings. The molecule has 0 aliphatic rings. The van der Waals surface area contributed by atoms with Crippen LogP contribution in [0, 0.1) is 17.0 Å². The van der Waals surface area contributed by atoms with Crippen LogP contribution in [0.4, 0.5) is 26.1 Å². The van der Waals surface area contributed by atoms with E-state index in [4.69, 9.17) is 27.5 Å². The molecule has 2 aromatic heterocycles. The fourth-order valence-electron chi connectivity index (χ4n) is 2.75. The average Bonchev–Trinajstić information content (AvgIpc) is 2.79. The van der Waals surface area contributed by atoms with Crippen LogP contribution in [0.25, 0.3) is 0 Å². The van der Waals surface area contributed by atoms with Crippen molar-refractivity contribution in [3.63, 3.8) is 0 Å². The third-order valence-corrected chi connectivity index (χ3v) is 4.77. The summed E-state index contributed by atoms with van der Waals surface area (Å²) in [6, 6.07) is 7.83. The van der Waals surface area contributed by atoms with Crippen LogP contribution in [-0.2, 0) is 4.79 Å². The molecular weight excluding hydrogens is 454 g/mol. The maximum Gasteiger partial charge on any atom is 0.258 e. The minimum atomic E-state index is -0.774. The number of ether oxygens (including phenoxy) is 1. The highest BCUT2D eigenvalue weighted by Gasteiger charge is 2.16. The van der Waals surface area contributed by atoms with Crippen molar-refractivity contribution in [2.24, 2.45) is 0 Å². The summed E-state index contributed by atoms with van der Waals surface area (Å²) in [6.07, 6.45) is 3.87. The van der Waals surface area contributed by atoms with Crippen LogP contribution in [0.15, 0.2) is 60.1 Å². The molecule has 2 heterocycles. The van der Waals surface area contributed by atoms with Crippen molar-refractivity contribution in [1.82, 2.24) is 9.97 Å². The zero-order chi connectivity index (χ0) is 24.0. The Kier molecular flexibility index (Phi) is 7.52. The van der Waals surface area contributed by atoms with Crippen molar-refractivity contribution in [2.75, 3.05) is 16.4 Å². The minimum absolute atomic E-state index is 0.0374. The van der Waals surface area contributed by atoms with Crippen LogP contribution in [0.5, 0.6) is 11.5 Å². The smallest absolute Gasteiger partial charge is 0.258 e. The van der Waals surface area contributed by atoms with Gasteiger partial charge in [0.15, 0.2) is 29.0 Å². The lowest BCUT2D eigenvalue weighted by molar-refractivity contribution is -0.112. The molecule has 33 heavy (non-hydrogen) atoms. The summed E-state index contributed by atoms with van der Waals surface area (Å²) in [5.74, 6) is -2.14. The largest absolute Gasteiger partial charge is 0.453 e. The van der Waals surface area contributed by atoms with Gasteiger partial charge in [-0.1, -0.05) is 18.5 Å². The normalized spacial score (nSPS) is 11.4. The van der Waals surface area contributed by atoms with Crippen molar-refractivity contribution in [3.05, 3.63) is 76.7 Å². The quantitative estimate of drug-likeness (QED) is 0.265. The maximum absolute atomic E-state index is 14.6. The van der Waals surface area contributed by atoms with Crippen molar-refractivity contribution < 1.29 is 18.3 Å². The van der Waals surface area contributed by atoms with Gasteiger partial charge in [-0.3, -0.25) is 4.79 Å². The van der Waals surface area contributed by atoms with Crippen molar-refractivity contribution in [3.8, 4) is 11.5 Å². The second-order valence-corrected chi connectivity index (χ2v) is 6.94. The number of hydrogen-bond donors (Lipinski definition) is 4. The number of nitrogen functional groups attached to an aromatic ring is 1. The number of benzene rings is 1. The van der Waals surface area contributed by atoms with Gasteiger partial charge in [0.2, 0.25) is 0 Å². The summed E-state index contributed by atoms with van der Waals surface area (Å²) >= 11 is 6.01. The second-order valence-electron chi connectivity index (χ2n) is 6.56. The standard InChI is InChI=1S/C22H19ClF2N6O2/c1-2-16(31-21-14(24)4-3-8-29-21)13(11-26)22(32)30-12-5-6-17(15(25)10-12)33-18-7-9-28-20(27)19(18)23/h3-11,26H,2H2,1H3,(H2,27,28)(H,29,31)(H,30,32)/b16-13+,26-11?. The second kappa shape index (κ2) is 10.5. The number of nitrogens with one attached hydrogen (secondary N) is 3. The number of nitrogens with zero attached hydrogens (tertiary/aromatic N) is 2. The Morgan fingerprint density at radius 1 is 1.15 bits per heavy atom. The van der Waals surface area contributed by atoms with Gasteiger partial charge >= 0.3 is 0 Å². The Morgan fingerprint density at radius 2 is 1.94 bits per heavy atom. The first-order chi connectivity index (χ1) is 15.8. The molecule has 0 atom stereocenters. The molecule has 0 fully saturated rings. The summed E-state index contributed by atoms with van der Waals surface area (Å²) in [5, 5.41) is 12.9. The van der Waals surface area contributed by atoms with Gasteiger partial charge in [-0.05, 0) is 30.7 Å². The van der Waals surface area contributed by atoms with E-state index in [2.05, 4.69) is 20.6 Å². The molecular formula is C22H19ClF2N6O2. The Balaban J connectivity index is 1.80. The molecule has 0 aliphatic heterocycles. The number of rotatable bonds is 8. The molecule has 1 aromatic carbocycles. The van der Waals surface area contributed by atoms with Crippen LogP contribution < -0.4 is 21.1 Å². The number of nitrogens with two attached hydrogens (primary N) is 1. The predicted molar refractivity (Wildman–Crippen MR) is 123 cm³/mol. The number of allylic oxidation sites excluding steroid dienone is 1. The van der Waals surface area contributed by atoms with Gasteiger partial charge in [0, 0.05) is 42.1 Å². The van der Waals surface area contributed by atoms with Crippen LogP contribution in [0.2, 0.25) is 5.02 Å². The van der Waals surface area contributed by atoms with Gasteiger partial charge in [0.1, 0.15) is 10.8 Å². The molecule has 8 nitrogen and oxygen atoms in total. The summed E-state index contributed by atoms with van der Waals surface area (Å²) < 4.78 is 33.9. The van der Waals surface area contributed by atoms with Crippen molar-refractivity contribution in [1.29, 1.82) is 5.41 Å². The number of carbonyl (C=O) groups is 1. The number of pyridine rings is 2. The number of hydrogen-bond acceptors (Lipinski definition) is 7. The third kappa shape index (κ3) is 5.60. The van der Waals surface area contributed by atoms with Crippen LogP contribution >= 0.6 is 11.6 Å². The molecule has 0 unspecified atom stereocenters. The molecule has 1 amide bonds. The Labute approximate surface area is 193 Å². The highest BCUT2D eigenvalue weighted by Crippen LogP contribution is 2.34. The zero-order valence-electron chi connectivity index (χ0n) is 17.3. The number of amides is 1. The summed E-state index contributed by atoms with van der Waals surface area (Å²) in [5.41, 5.74) is 5.93. The highest BCUT2D eigenvalue weighted by molar-refractivity contribution is 6.34. The fourth-order valence-corrected chi connectivity index (χ4v) is 2.91. The van der Waals surface area contributed by atoms with E-state index in [1.54, 1.807) is 6.92 Å². The SMILES string of the molecule is CC/C(Nc1ncccc1F)=C(/C=N)C(=O)Nc1ccc(Oc2ccnc(N)c2Cl)c(F)c1. The van der Waals surface area contributed by atoms with Crippen molar-refractivity contribution in [2.45, 2.75) is 13.3 Å². The Morgan fingerprint density at radius 3 is 2.61 bits per heavy atom. The fraction of sp³-hybridized carbons (Fsp3) is 0.0909. The molecule has 170 valence electrons. The van der Waals surface area contributed by atoms with E-state index >= 15 is 0 Å². The molecule has 0 saturated carbocycles. The number of anilines is 3. The average molecular weight is 473 g/mol. The molecule has 0 saturated heterocycles. The number of aromatic nitrogens is 2. The first-order valence-electron chi connectivity index (χ1n) is 9.64. The van der Waals surface area contributed by atoms with Crippen molar-refractivity contribution >= 4 is 41.0 Å². The maximum atomic E-state index is 14.6. The molecule has 0 bridgehead atoms. The first-order valence-corrected chi connectivity index (χ1v) is 10.0. The van der Waals surface area contributed by atoms with E-state index in [1.165, 1.54) is 42.7 Å². The van der Waals surface area contributed by atoms with E-state index in [0.29, 0.717) is 0 Å². The summed E-state index contributed by atoms with van der Waals surface area (Å²) in [7, 11) is 0.